The molecule has 1 unspecified atom stereocenters. The van der Waals surface area contributed by atoms with E-state index in [1.54, 1.807) is 24.3 Å². The summed E-state index contributed by atoms with van der Waals surface area (Å²) in [5, 5.41) is 25.0. The summed E-state index contributed by atoms with van der Waals surface area (Å²) < 4.78 is 0. The highest BCUT2D eigenvalue weighted by atomic mass is 16.4. The monoisotopic (exact) mass is 418 g/mol. The van der Waals surface area contributed by atoms with Gasteiger partial charge in [0.15, 0.2) is 0 Å². The van der Waals surface area contributed by atoms with Gasteiger partial charge in [-0.3, -0.25) is 9.59 Å². The molecule has 0 fully saturated rings. The van der Waals surface area contributed by atoms with Crippen LogP contribution in [0.1, 0.15) is 25.3 Å². The van der Waals surface area contributed by atoms with Crippen LogP contribution in [0.3, 0.4) is 0 Å². The second-order valence-corrected chi connectivity index (χ2v) is 7.65. The molecule has 6 nitrogen and oxygen atoms in total. The van der Waals surface area contributed by atoms with Crippen molar-refractivity contribution in [3.05, 3.63) is 84.5 Å². The minimum Gasteiger partial charge on any atom is -0.427 e. The molecule has 4 N–H and O–H groups in total. The first kappa shape index (κ1) is 22.5. The van der Waals surface area contributed by atoms with Gasteiger partial charge in [-0.05, 0) is 29.2 Å². The van der Waals surface area contributed by atoms with Crippen molar-refractivity contribution in [3.63, 3.8) is 0 Å². The number of rotatable bonds is 8. The second kappa shape index (κ2) is 10.2. The van der Waals surface area contributed by atoms with Crippen LogP contribution in [0.15, 0.2) is 78.9 Å². The van der Waals surface area contributed by atoms with Crippen molar-refractivity contribution >= 4 is 18.9 Å². The Morgan fingerprint density at radius 1 is 1.00 bits per heavy atom. The normalized spacial score (nSPS) is 19.6. The first-order valence-corrected chi connectivity index (χ1v) is 10.4. The van der Waals surface area contributed by atoms with Crippen LogP contribution in [0.2, 0.25) is 5.82 Å². The SMILES string of the molecule is CC[C@]1(NC(=O)CC(=O)NCc2cccc(-c3ccccc3)c2)C=CC=CC1B(O)O. The standard InChI is InChI=1S/C24H27BN2O4/c1-2-24(14-7-6-13-21(24)25(30)31)27-23(29)16-22(28)26-17-18-9-8-12-20(15-18)19-10-4-3-5-11-19/h3-15,21,30-31H,2,16-17H2,1H3,(H,26,28)(H,27,29)/t21?,24-/m0/s1. The summed E-state index contributed by atoms with van der Waals surface area (Å²) in [7, 11) is -1.62. The number of carbonyl (C=O) groups excluding carboxylic acids is 2. The fourth-order valence-corrected chi connectivity index (χ4v) is 3.83. The molecule has 3 rings (SSSR count). The van der Waals surface area contributed by atoms with Crippen LogP contribution >= 0.6 is 0 Å². The zero-order valence-corrected chi connectivity index (χ0v) is 17.5. The summed E-state index contributed by atoms with van der Waals surface area (Å²) in [6.07, 6.45) is 6.96. The quantitative estimate of drug-likeness (QED) is 0.391. The van der Waals surface area contributed by atoms with Crippen molar-refractivity contribution in [2.24, 2.45) is 0 Å². The molecule has 0 bridgehead atoms. The van der Waals surface area contributed by atoms with E-state index >= 15 is 0 Å². The fraction of sp³-hybridized carbons (Fsp3) is 0.250. The van der Waals surface area contributed by atoms with E-state index in [-0.39, 0.29) is 6.42 Å². The van der Waals surface area contributed by atoms with Gasteiger partial charge < -0.3 is 20.7 Å². The third-order valence-electron chi connectivity index (χ3n) is 5.54. The van der Waals surface area contributed by atoms with E-state index in [1.807, 2.05) is 61.5 Å². The van der Waals surface area contributed by atoms with Gasteiger partial charge in [0, 0.05) is 12.4 Å². The summed E-state index contributed by atoms with van der Waals surface area (Å²) >= 11 is 0. The molecule has 0 aromatic heterocycles. The molecule has 2 amide bonds. The van der Waals surface area contributed by atoms with E-state index < -0.39 is 30.3 Å². The Labute approximate surface area is 182 Å². The molecule has 2 aromatic rings. The Balaban J connectivity index is 1.57. The van der Waals surface area contributed by atoms with Gasteiger partial charge >= 0.3 is 7.12 Å². The number of benzene rings is 2. The summed E-state index contributed by atoms with van der Waals surface area (Å²) in [5.41, 5.74) is 2.14. The van der Waals surface area contributed by atoms with E-state index in [4.69, 9.17) is 0 Å². The molecular weight excluding hydrogens is 391 g/mol. The van der Waals surface area contributed by atoms with E-state index in [9.17, 15) is 19.6 Å². The summed E-state index contributed by atoms with van der Waals surface area (Å²) in [6.45, 7) is 2.16. The van der Waals surface area contributed by atoms with Crippen LogP contribution in [0, 0.1) is 0 Å². The molecule has 31 heavy (non-hydrogen) atoms. The van der Waals surface area contributed by atoms with Crippen molar-refractivity contribution in [1.29, 1.82) is 0 Å². The maximum absolute atomic E-state index is 12.5. The lowest BCUT2D eigenvalue weighted by Gasteiger charge is -2.38. The lowest BCUT2D eigenvalue weighted by molar-refractivity contribution is -0.130. The van der Waals surface area contributed by atoms with E-state index in [2.05, 4.69) is 10.6 Å². The van der Waals surface area contributed by atoms with Crippen molar-refractivity contribution in [2.45, 2.75) is 37.7 Å². The van der Waals surface area contributed by atoms with Gasteiger partial charge in [0.05, 0.1) is 5.54 Å². The molecule has 1 aliphatic rings. The molecule has 0 saturated carbocycles. The number of hydrogen-bond acceptors (Lipinski definition) is 4. The Hall–Kier alpha value is -3.16. The predicted octanol–water partition coefficient (Wildman–Crippen LogP) is 2.59. The van der Waals surface area contributed by atoms with Crippen molar-refractivity contribution < 1.29 is 19.6 Å². The molecule has 0 heterocycles. The number of amides is 2. The van der Waals surface area contributed by atoms with Gasteiger partial charge in [0.2, 0.25) is 11.8 Å². The smallest absolute Gasteiger partial charge is 0.427 e. The molecule has 160 valence electrons. The van der Waals surface area contributed by atoms with Crippen LogP contribution in [0.4, 0.5) is 0 Å². The number of hydrogen-bond donors (Lipinski definition) is 4. The Bertz CT molecular complexity index is 975. The molecule has 2 atom stereocenters. The summed E-state index contributed by atoms with van der Waals surface area (Å²) in [6, 6.07) is 17.8. The lowest BCUT2D eigenvalue weighted by atomic mass is 9.59. The first-order valence-electron chi connectivity index (χ1n) is 10.4. The van der Waals surface area contributed by atoms with E-state index in [1.165, 1.54) is 0 Å². The van der Waals surface area contributed by atoms with E-state index in [0.29, 0.717) is 13.0 Å². The van der Waals surface area contributed by atoms with Crippen LogP contribution in [0.5, 0.6) is 0 Å². The Morgan fingerprint density at radius 2 is 1.74 bits per heavy atom. The van der Waals surface area contributed by atoms with Gasteiger partial charge in [-0.25, -0.2) is 0 Å². The molecular formula is C24H27BN2O4. The largest absolute Gasteiger partial charge is 0.461 e. The minimum atomic E-state index is -1.62. The average Bonchev–Trinajstić information content (AvgIpc) is 2.78. The highest BCUT2D eigenvalue weighted by molar-refractivity contribution is 6.44. The zero-order chi connectivity index (χ0) is 22.3. The van der Waals surface area contributed by atoms with E-state index in [0.717, 1.165) is 16.7 Å². The third-order valence-corrected chi connectivity index (χ3v) is 5.54. The van der Waals surface area contributed by atoms with Crippen molar-refractivity contribution in [3.8, 4) is 11.1 Å². The minimum absolute atomic E-state index is 0.312. The first-order chi connectivity index (χ1) is 14.9. The van der Waals surface area contributed by atoms with Gasteiger partial charge in [-0.2, -0.15) is 0 Å². The van der Waals surface area contributed by atoms with Gasteiger partial charge in [0.25, 0.3) is 0 Å². The zero-order valence-electron chi connectivity index (χ0n) is 17.5. The molecule has 7 heteroatoms. The lowest BCUT2D eigenvalue weighted by Crippen LogP contribution is -2.54. The molecule has 0 radical (unpaired) electrons. The van der Waals surface area contributed by atoms with Crippen LogP contribution < -0.4 is 10.6 Å². The maximum Gasteiger partial charge on any atom is 0.461 e. The number of allylic oxidation sites excluding steroid dienone is 2. The molecule has 0 saturated heterocycles. The highest BCUT2D eigenvalue weighted by Gasteiger charge is 2.42. The predicted molar refractivity (Wildman–Crippen MR) is 122 cm³/mol. The molecule has 1 aliphatic carbocycles. The van der Waals surface area contributed by atoms with Gasteiger partial charge in [-0.15, -0.1) is 0 Å². The van der Waals surface area contributed by atoms with Crippen LogP contribution in [-0.4, -0.2) is 34.5 Å². The number of nitrogens with one attached hydrogen (secondary N) is 2. The Kier molecular flexibility index (Phi) is 7.44. The highest BCUT2D eigenvalue weighted by Crippen LogP contribution is 2.34. The van der Waals surface area contributed by atoms with Gasteiger partial charge in [-0.1, -0.05) is 79.8 Å². The molecule has 0 spiro atoms. The maximum atomic E-state index is 12.5. The van der Waals surface area contributed by atoms with Crippen LogP contribution in [0.25, 0.3) is 11.1 Å². The fourth-order valence-electron chi connectivity index (χ4n) is 3.83. The third kappa shape index (κ3) is 5.72. The topological polar surface area (TPSA) is 98.7 Å². The van der Waals surface area contributed by atoms with Crippen molar-refractivity contribution in [2.75, 3.05) is 0 Å². The number of carbonyl (C=O) groups is 2. The molecule has 0 aliphatic heterocycles. The van der Waals surface area contributed by atoms with Crippen molar-refractivity contribution in [1.82, 2.24) is 10.6 Å². The summed E-state index contributed by atoms with van der Waals surface area (Å²) in [5.74, 6) is -1.55. The molecule has 2 aromatic carbocycles. The summed E-state index contributed by atoms with van der Waals surface area (Å²) in [4.78, 5) is 24.8. The second-order valence-electron chi connectivity index (χ2n) is 7.65. The average molecular weight is 418 g/mol. The van der Waals surface area contributed by atoms with Crippen LogP contribution in [-0.2, 0) is 16.1 Å². The Morgan fingerprint density at radius 3 is 2.45 bits per heavy atom. The van der Waals surface area contributed by atoms with Gasteiger partial charge in [0.1, 0.15) is 6.42 Å².